The zero-order chi connectivity index (χ0) is 10.7. The molecule has 2 aromatic rings. The van der Waals surface area contributed by atoms with Crippen LogP contribution in [0.25, 0.3) is 0 Å². The van der Waals surface area contributed by atoms with Gasteiger partial charge in [0.05, 0.1) is 0 Å². The molecule has 0 aliphatic rings. The Labute approximate surface area is 91.7 Å². The molecule has 0 aliphatic carbocycles. The molecular weight excluding hydrogens is 208 g/mol. The molecule has 1 aromatic heterocycles. The third kappa shape index (κ3) is 2.20. The van der Waals surface area contributed by atoms with Gasteiger partial charge in [-0.25, -0.2) is 4.98 Å². The number of aromatic nitrogens is 1. The Balaban J connectivity index is 2.23. The second kappa shape index (κ2) is 4.20. The largest absolute Gasteiger partial charge is 0.435 e. The minimum atomic E-state index is 0.334. The van der Waals surface area contributed by atoms with Crippen LogP contribution in [0.1, 0.15) is 11.3 Å². The Morgan fingerprint density at radius 1 is 1.33 bits per heavy atom. The highest BCUT2D eigenvalue weighted by Crippen LogP contribution is 2.29. The molecule has 0 fully saturated rings. The van der Waals surface area contributed by atoms with Crippen LogP contribution in [0.4, 0.5) is 0 Å². The highest BCUT2D eigenvalue weighted by molar-refractivity contribution is 7.99. The number of hydrogen-bond acceptors (Lipinski definition) is 4. The molecule has 0 radical (unpaired) electrons. The number of nitriles is 1. The Kier molecular flexibility index (Phi) is 2.75. The lowest BCUT2D eigenvalue weighted by atomic mass is 10.2. The minimum absolute atomic E-state index is 0.334. The molecule has 1 heterocycles. The number of rotatable bonds is 2. The lowest BCUT2D eigenvalue weighted by Crippen LogP contribution is -1.77. The van der Waals surface area contributed by atoms with E-state index in [1.165, 1.54) is 23.7 Å². The average Bonchev–Trinajstić information content (AvgIpc) is 2.69. The summed E-state index contributed by atoms with van der Waals surface area (Å²) in [6.45, 7) is 2.03. The molecule has 0 saturated heterocycles. The fourth-order valence-electron chi connectivity index (χ4n) is 1.10. The fraction of sp³-hybridized carbons (Fsp3) is 0.0909. The smallest absolute Gasteiger partial charge is 0.203 e. The lowest BCUT2D eigenvalue weighted by Gasteiger charge is -1.98. The van der Waals surface area contributed by atoms with Crippen LogP contribution in [0, 0.1) is 18.3 Å². The summed E-state index contributed by atoms with van der Waals surface area (Å²) < 4.78 is 5.12. The maximum Gasteiger partial charge on any atom is 0.203 e. The highest BCUT2D eigenvalue weighted by Gasteiger charge is 2.08. The van der Waals surface area contributed by atoms with Crippen molar-refractivity contribution in [2.24, 2.45) is 0 Å². The monoisotopic (exact) mass is 216 g/mol. The van der Waals surface area contributed by atoms with E-state index in [0.717, 1.165) is 4.90 Å². The van der Waals surface area contributed by atoms with Gasteiger partial charge in [0.15, 0.2) is 12.1 Å². The van der Waals surface area contributed by atoms with E-state index >= 15 is 0 Å². The van der Waals surface area contributed by atoms with Crippen LogP contribution >= 0.6 is 11.8 Å². The van der Waals surface area contributed by atoms with Crippen molar-refractivity contribution in [3.63, 3.8) is 0 Å². The summed E-state index contributed by atoms with van der Waals surface area (Å²) in [4.78, 5) is 4.84. The van der Waals surface area contributed by atoms with Gasteiger partial charge in [0.25, 0.3) is 0 Å². The predicted octanol–water partition coefficient (Wildman–Crippen LogP) is 3.01. The standard InChI is InChI=1S/C11H8N2OS/c1-8-2-4-9(5-3-8)15-11-10(6-12)13-7-14-11/h2-5,7H,1H3. The SMILES string of the molecule is Cc1ccc(Sc2ocnc2C#N)cc1. The summed E-state index contributed by atoms with van der Waals surface area (Å²) in [7, 11) is 0. The quantitative estimate of drug-likeness (QED) is 0.774. The van der Waals surface area contributed by atoms with E-state index in [9.17, 15) is 0 Å². The zero-order valence-corrected chi connectivity index (χ0v) is 8.91. The molecule has 1 aromatic carbocycles. The van der Waals surface area contributed by atoms with Gasteiger partial charge in [-0.05, 0) is 30.8 Å². The van der Waals surface area contributed by atoms with Crippen molar-refractivity contribution in [2.45, 2.75) is 16.9 Å². The van der Waals surface area contributed by atoms with Crippen molar-refractivity contribution in [3.8, 4) is 6.07 Å². The van der Waals surface area contributed by atoms with Gasteiger partial charge >= 0.3 is 0 Å². The maximum absolute atomic E-state index is 8.74. The second-order valence-corrected chi connectivity index (χ2v) is 4.06. The van der Waals surface area contributed by atoms with Crippen LogP contribution in [0.2, 0.25) is 0 Å². The molecule has 0 saturated carbocycles. The second-order valence-electron chi connectivity index (χ2n) is 3.02. The Bertz CT molecular complexity index is 496. The van der Waals surface area contributed by atoms with Crippen molar-refractivity contribution in [3.05, 3.63) is 41.9 Å². The molecule has 3 nitrogen and oxygen atoms in total. The molecule has 74 valence electrons. The van der Waals surface area contributed by atoms with Gasteiger partial charge in [-0.3, -0.25) is 0 Å². The molecule has 0 bridgehead atoms. The third-order valence-electron chi connectivity index (χ3n) is 1.87. The van der Waals surface area contributed by atoms with Crippen molar-refractivity contribution in [1.82, 2.24) is 4.98 Å². The topological polar surface area (TPSA) is 49.8 Å². The number of oxazole rings is 1. The van der Waals surface area contributed by atoms with Crippen LogP contribution in [0.3, 0.4) is 0 Å². The van der Waals surface area contributed by atoms with Gasteiger partial charge < -0.3 is 4.42 Å². The van der Waals surface area contributed by atoms with Crippen LogP contribution in [0.5, 0.6) is 0 Å². The van der Waals surface area contributed by atoms with E-state index in [1.54, 1.807) is 0 Å². The van der Waals surface area contributed by atoms with E-state index < -0.39 is 0 Å². The number of nitrogens with zero attached hydrogens (tertiary/aromatic N) is 2. The average molecular weight is 216 g/mol. The van der Waals surface area contributed by atoms with Gasteiger partial charge in [0.1, 0.15) is 6.07 Å². The van der Waals surface area contributed by atoms with E-state index in [0.29, 0.717) is 10.8 Å². The Morgan fingerprint density at radius 2 is 2.07 bits per heavy atom. The first kappa shape index (κ1) is 9.81. The molecule has 0 N–H and O–H groups in total. The van der Waals surface area contributed by atoms with Gasteiger partial charge in [-0.1, -0.05) is 17.7 Å². The maximum atomic E-state index is 8.74. The molecule has 0 aliphatic heterocycles. The molecular formula is C11H8N2OS. The normalized spacial score (nSPS) is 9.87. The predicted molar refractivity (Wildman–Crippen MR) is 56.5 cm³/mol. The van der Waals surface area contributed by atoms with Gasteiger partial charge in [-0.15, -0.1) is 0 Å². The van der Waals surface area contributed by atoms with E-state index in [1.807, 2.05) is 37.3 Å². The van der Waals surface area contributed by atoms with E-state index in [2.05, 4.69) is 4.98 Å². The van der Waals surface area contributed by atoms with E-state index in [-0.39, 0.29) is 0 Å². The van der Waals surface area contributed by atoms with Crippen LogP contribution in [-0.4, -0.2) is 4.98 Å². The van der Waals surface area contributed by atoms with Gasteiger partial charge in [0.2, 0.25) is 5.09 Å². The Hall–Kier alpha value is -1.73. The molecule has 0 amide bonds. The zero-order valence-electron chi connectivity index (χ0n) is 8.10. The van der Waals surface area contributed by atoms with Gasteiger partial charge in [-0.2, -0.15) is 5.26 Å². The van der Waals surface area contributed by atoms with Crippen LogP contribution in [-0.2, 0) is 0 Å². The summed E-state index contributed by atoms with van der Waals surface area (Å²) in [5.41, 5.74) is 1.54. The summed E-state index contributed by atoms with van der Waals surface area (Å²) in [6, 6.07) is 10.00. The molecule has 15 heavy (non-hydrogen) atoms. The lowest BCUT2D eigenvalue weighted by molar-refractivity contribution is 0.468. The number of hydrogen-bond donors (Lipinski definition) is 0. The molecule has 0 atom stereocenters. The molecule has 0 unspecified atom stereocenters. The van der Waals surface area contributed by atoms with Crippen LogP contribution in [0.15, 0.2) is 45.1 Å². The fourth-order valence-corrected chi connectivity index (χ4v) is 1.87. The van der Waals surface area contributed by atoms with Crippen molar-refractivity contribution in [2.75, 3.05) is 0 Å². The van der Waals surface area contributed by atoms with Gasteiger partial charge in [0, 0.05) is 4.90 Å². The van der Waals surface area contributed by atoms with E-state index in [4.69, 9.17) is 9.68 Å². The third-order valence-corrected chi connectivity index (χ3v) is 2.86. The van der Waals surface area contributed by atoms with Crippen molar-refractivity contribution >= 4 is 11.8 Å². The first-order valence-corrected chi connectivity index (χ1v) is 5.19. The van der Waals surface area contributed by atoms with Crippen molar-refractivity contribution < 1.29 is 4.42 Å². The first-order valence-electron chi connectivity index (χ1n) is 4.37. The summed E-state index contributed by atoms with van der Waals surface area (Å²) >= 11 is 1.40. The number of aryl methyl sites for hydroxylation is 1. The van der Waals surface area contributed by atoms with Crippen molar-refractivity contribution in [1.29, 1.82) is 5.26 Å². The molecule has 2 rings (SSSR count). The Morgan fingerprint density at radius 3 is 2.73 bits per heavy atom. The van der Waals surface area contributed by atoms with Crippen LogP contribution < -0.4 is 0 Å². The first-order chi connectivity index (χ1) is 7.29. The highest BCUT2D eigenvalue weighted by atomic mass is 32.2. The summed E-state index contributed by atoms with van der Waals surface area (Å²) in [6.07, 6.45) is 1.29. The minimum Gasteiger partial charge on any atom is -0.435 e. The summed E-state index contributed by atoms with van der Waals surface area (Å²) in [5, 5.41) is 9.29. The number of benzene rings is 1. The summed E-state index contributed by atoms with van der Waals surface area (Å²) in [5.74, 6) is 0. The molecule has 0 spiro atoms. The molecule has 4 heteroatoms.